The Morgan fingerprint density at radius 3 is 2.67 bits per heavy atom. The SMILES string of the molecule is Cc1ccc(C(=O)NC2CC2)cc1NC(=O)CCCOc1cccc2ccccc12. The summed E-state index contributed by atoms with van der Waals surface area (Å²) in [5.41, 5.74) is 2.18. The zero-order chi connectivity index (χ0) is 20.9. The summed E-state index contributed by atoms with van der Waals surface area (Å²) in [6, 6.07) is 19.8. The highest BCUT2D eigenvalue weighted by Crippen LogP contribution is 2.25. The van der Waals surface area contributed by atoms with Crippen LogP contribution in [0.25, 0.3) is 10.8 Å². The van der Waals surface area contributed by atoms with Gasteiger partial charge in [-0.3, -0.25) is 9.59 Å². The summed E-state index contributed by atoms with van der Waals surface area (Å²) in [5, 5.41) is 8.10. The van der Waals surface area contributed by atoms with Crippen molar-refractivity contribution >= 4 is 28.3 Å². The molecule has 0 aliphatic heterocycles. The van der Waals surface area contributed by atoms with Gasteiger partial charge in [-0.2, -0.15) is 0 Å². The highest BCUT2D eigenvalue weighted by Gasteiger charge is 2.24. The van der Waals surface area contributed by atoms with Crippen LogP contribution in [0.5, 0.6) is 5.75 Å². The molecule has 4 rings (SSSR count). The number of fused-ring (bicyclic) bond motifs is 1. The normalized spacial score (nSPS) is 13.1. The van der Waals surface area contributed by atoms with Gasteiger partial charge in [-0.15, -0.1) is 0 Å². The lowest BCUT2D eigenvalue weighted by Crippen LogP contribution is -2.25. The molecule has 0 aromatic heterocycles. The van der Waals surface area contributed by atoms with Gasteiger partial charge in [0, 0.05) is 29.1 Å². The van der Waals surface area contributed by atoms with Crippen molar-refractivity contribution < 1.29 is 14.3 Å². The lowest BCUT2D eigenvalue weighted by molar-refractivity contribution is -0.116. The second kappa shape index (κ2) is 8.99. The number of carbonyl (C=O) groups excluding carboxylic acids is 2. The summed E-state index contributed by atoms with van der Waals surface area (Å²) in [4.78, 5) is 24.6. The minimum atomic E-state index is -0.0866. The van der Waals surface area contributed by atoms with Gasteiger partial charge in [0.15, 0.2) is 0 Å². The van der Waals surface area contributed by atoms with E-state index in [2.05, 4.69) is 22.8 Å². The molecule has 1 fully saturated rings. The number of rotatable bonds is 8. The van der Waals surface area contributed by atoms with Crippen molar-refractivity contribution in [2.45, 2.75) is 38.6 Å². The minimum Gasteiger partial charge on any atom is -0.493 e. The molecule has 5 heteroatoms. The van der Waals surface area contributed by atoms with Crippen LogP contribution in [0, 0.1) is 6.92 Å². The monoisotopic (exact) mass is 402 g/mol. The predicted octanol–water partition coefficient (Wildman–Crippen LogP) is 4.84. The second-order valence-electron chi connectivity index (χ2n) is 7.75. The van der Waals surface area contributed by atoms with Crippen LogP contribution in [0.4, 0.5) is 5.69 Å². The first-order valence-electron chi connectivity index (χ1n) is 10.4. The van der Waals surface area contributed by atoms with E-state index >= 15 is 0 Å². The Morgan fingerprint density at radius 1 is 1.03 bits per heavy atom. The average Bonchev–Trinajstić information content (AvgIpc) is 3.57. The van der Waals surface area contributed by atoms with Crippen LogP contribution in [0.3, 0.4) is 0 Å². The number of anilines is 1. The smallest absolute Gasteiger partial charge is 0.251 e. The van der Waals surface area contributed by atoms with Gasteiger partial charge >= 0.3 is 0 Å². The van der Waals surface area contributed by atoms with E-state index in [-0.39, 0.29) is 11.8 Å². The Bertz CT molecular complexity index is 1070. The molecule has 1 aliphatic rings. The van der Waals surface area contributed by atoms with E-state index < -0.39 is 0 Å². The molecule has 30 heavy (non-hydrogen) atoms. The maximum atomic E-state index is 12.4. The van der Waals surface area contributed by atoms with Crippen LogP contribution in [-0.2, 0) is 4.79 Å². The van der Waals surface area contributed by atoms with E-state index in [0.717, 1.165) is 34.9 Å². The zero-order valence-corrected chi connectivity index (χ0v) is 17.1. The number of aryl methyl sites for hydroxylation is 1. The lowest BCUT2D eigenvalue weighted by Gasteiger charge is -2.12. The maximum Gasteiger partial charge on any atom is 0.251 e. The third-order valence-electron chi connectivity index (χ3n) is 5.24. The van der Waals surface area contributed by atoms with Gasteiger partial charge in [-0.25, -0.2) is 0 Å². The van der Waals surface area contributed by atoms with E-state index in [1.54, 1.807) is 12.1 Å². The number of hydrogen-bond donors (Lipinski definition) is 2. The van der Waals surface area contributed by atoms with Gasteiger partial charge in [0.05, 0.1) is 6.61 Å². The highest BCUT2D eigenvalue weighted by molar-refractivity contribution is 5.98. The predicted molar refractivity (Wildman–Crippen MR) is 119 cm³/mol. The van der Waals surface area contributed by atoms with Gasteiger partial charge in [0.25, 0.3) is 5.91 Å². The fourth-order valence-electron chi connectivity index (χ4n) is 3.34. The molecule has 2 N–H and O–H groups in total. The van der Waals surface area contributed by atoms with Gasteiger partial charge in [-0.1, -0.05) is 42.5 Å². The van der Waals surface area contributed by atoms with Crippen LogP contribution in [-0.4, -0.2) is 24.5 Å². The minimum absolute atomic E-state index is 0.0839. The van der Waals surface area contributed by atoms with Crippen LogP contribution >= 0.6 is 0 Å². The topological polar surface area (TPSA) is 67.4 Å². The summed E-state index contributed by atoms with van der Waals surface area (Å²) in [6.45, 7) is 2.38. The molecule has 0 saturated heterocycles. The summed E-state index contributed by atoms with van der Waals surface area (Å²) in [5.74, 6) is 0.662. The third kappa shape index (κ3) is 4.98. The fourth-order valence-corrected chi connectivity index (χ4v) is 3.34. The Balaban J connectivity index is 1.29. The molecule has 0 bridgehead atoms. The molecule has 0 atom stereocenters. The van der Waals surface area contributed by atoms with Crippen molar-refractivity contribution in [3.05, 3.63) is 71.8 Å². The van der Waals surface area contributed by atoms with Crippen molar-refractivity contribution in [3.8, 4) is 5.75 Å². The first kappa shape index (κ1) is 20.0. The van der Waals surface area contributed by atoms with Crippen molar-refractivity contribution in [3.63, 3.8) is 0 Å². The Morgan fingerprint density at radius 2 is 1.83 bits per heavy atom. The van der Waals surface area contributed by atoms with E-state index in [1.165, 1.54) is 0 Å². The molecule has 0 unspecified atom stereocenters. The summed E-state index contributed by atoms with van der Waals surface area (Å²) >= 11 is 0. The van der Waals surface area contributed by atoms with Gasteiger partial charge in [-0.05, 0) is 55.3 Å². The molecule has 0 heterocycles. The quantitative estimate of drug-likeness (QED) is 0.530. The van der Waals surface area contributed by atoms with Gasteiger partial charge in [0.2, 0.25) is 5.91 Å². The number of hydrogen-bond acceptors (Lipinski definition) is 3. The molecule has 0 spiro atoms. The molecule has 154 valence electrons. The van der Waals surface area contributed by atoms with Crippen LogP contribution in [0.2, 0.25) is 0 Å². The van der Waals surface area contributed by atoms with Gasteiger partial charge in [0.1, 0.15) is 5.75 Å². The molecule has 3 aromatic rings. The second-order valence-corrected chi connectivity index (χ2v) is 7.75. The molecular weight excluding hydrogens is 376 g/mol. The Hall–Kier alpha value is -3.34. The molecule has 2 amide bonds. The van der Waals surface area contributed by atoms with E-state index in [1.807, 2.05) is 43.3 Å². The average molecular weight is 402 g/mol. The number of benzene rings is 3. The van der Waals surface area contributed by atoms with Crippen LogP contribution in [0.15, 0.2) is 60.7 Å². The molecule has 1 aliphatic carbocycles. The first-order valence-corrected chi connectivity index (χ1v) is 10.4. The van der Waals surface area contributed by atoms with E-state index in [9.17, 15) is 9.59 Å². The lowest BCUT2D eigenvalue weighted by atomic mass is 10.1. The first-order chi connectivity index (χ1) is 14.6. The number of ether oxygens (including phenoxy) is 1. The Labute approximate surface area is 176 Å². The Kier molecular flexibility index (Phi) is 5.98. The molecular formula is C25H26N2O3. The summed E-state index contributed by atoms with van der Waals surface area (Å²) in [7, 11) is 0. The fraction of sp³-hybridized carbons (Fsp3) is 0.280. The number of nitrogens with one attached hydrogen (secondary N) is 2. The van der Waals surface area contributed by atoms with E-state index in [4.69, 9.17) is 4.74 Å². The molecule has 5 nitrogen and oxygen atoms in total. The largest absolute Gasteiger partial charge is 0.493 e. The molecule has 1 saturated carbocycles. The molecule has 0 radical (unpaired) electrons. The summed E-state index contributed by atoms with van der Waals surface area (Å²) in [6.07, 6.45) is 3.04. The summed E-state index contributed by atoms with van der Waals surface area (Å²) < 4.78 is 5.90. The number of carbonyl (C=O) groups is 2. The molecule has 3 aromatic carbocycles. The van der Waals surface area contributed by atoms with Crippen LogP contribution in [0.1, 0.15) is 41.6 Å². The van der Waals surface area contributed by atoms with Crippen molar-refractivity contribution in [2.75, 3.05) is 11.9 Å². The van der Waals surface area contributed by atoms with Crippen molar-refractivity contribution in [2.24, 2.45) is 0 Å². The number of amides is 2. The maximum absolute atomic E-state index is 12.4. The van der Waals surface area contributed by atoms with Crippen molar-refractivity contribution in [1.82, 2.24) is 5.32 Å². The van der Waals surface area contributed by atoms with Crippen LogP contribution < -0.4 is 15.4 Å². The third-order valence-corrected chi connectivity index (χ3v) is 5.24. The standard InChI is InChI=1S/C25H26N2O3/c1-17-11-12-19(25(29)26-20-13-14-20)16-22(17)27-24(28)10-5-15-30-23-9-4-7-18-6-2-3-8-21(18)23/h2-4,6-9,11-12,16,20H,5,10,13-15H2,1H3,(H,26,29)(H,27,28). The zero-order valence-electron chi connectivity index (χ0n) is 17.1. The van der Waals surface area contributed by atoms with Crippen molar-refractivity contribution in [1.29, 1.82) is 0 Å². The highest BCUT2D eigenvalue weighted by atomic mass is 16.5. The van der Waals surface area contributed by atoms with Gasteiger partial charge < -0.3 is 15.4 Å². The van der Waals surface area contributed by atoms with E-state index in [0.29, 0.717) is 36.7 Å².